The van der Waals surface area contributed by atoms with E-state index in [-0.39, 0.29) is 24.6 Å². The fourth-order valence-electron chi connectivity index (χ4n) is 2.27. The van der Waals surface area contributed by atoms with Gasteiger partial charge in [-0.1, -0.05) is 6.07 Å². The molecule has 0 saturated carbocycles. The highest BCUT2D eigenvalue weighted by Crippen LogP contribution is 2.23. The molecule has 26 heavy (non-hydrogen) atoms. The molecule has 7 heteroatoms. The van der Waals surface area contributed by atoms with Crippen LogP contribution in [0.1, 0.15) is 26.3 Å². The summed E-state index contributed by atoms with van der Waals surface area (Å²) in [6.45, 7) is 2.03. The second-order valence-electron chi connectivity index (χ2n) is 5.54. The quantitative estimate of drug-likeness (QED) is 0.743. The average molecular weight is 360 g/mol. The highest BCUT2D eigenvalue weighted by Gasteiger charge is 2.13. The number of hydrogen-bond donors (Lipinski definition) is 2. The van der Waals surface area contributed by atoms with Gasteiger partial charge < -0.3 is 20.1 Å². The molecule has 2 aromatic carbocycles. The van der Waals surface area contributed by atoms with Crippen LogP contribution in [0.4, 0.5) is 4.39 Å². The van der Waals surface area contributed by atoms with Crippen LogP contribution in [-0.2, 0) is 0 Å². The van der Waals surface area contributed by atoms with Gasteiger partial charge in [-0.2, -0.15) is 0 Å². The molecule has 138 valence electrons. The first-order valence-electron chi connectivity index (χ1n) is 8.01. The standard InChI is InChI=1S/C19H21FN2O4/c1-12-4-5-13(10-16(12)20)18(23)21-8-9-22-19(24)15-11-14(25-2)6-7-17(15)26-3/h4-7,10-11H,8-9H2,1-3H3,(H,21,23)(H,22,24). The van der Waals surface area contributed by atoms with Crippen molar-refractivity contribution in [3.63, 3.8) is 0 Å². The highest BCUT2D eigenvalue weighted by molar-refractivity contribution is 5.97. The van der Waals surface area contributed by atoms with Crippen molar-refractivity contribution in [1.29, 1.82) is 0 Å². The monoisotopic (exact) mass is 360 g/mol. The number of carbonyl (C=O) groups excluding carboxylic acids is 2. The zero-order chi connectivity index (χ0) is 19.1. The molecule has 0 aromatic heterocycles. The van der Waals surface area contributed by atoms with E-state index in [9.17, 15) is 14.0 Å². The molecule has 0 saturated heterocycles. The zero-order valence-corrected chi connectivity index (χ0v) is 14.9. The molecular formula is C19H21FN2O4. The summed E-state index contributed by atoms with van der Waals surface area (Å²) in [6.07, 6.45) is 0. The maximum absolute atomic E-state index is 13.5. The molecule has 0 aliphatic heterocycles. The number of amides is 2. The minimum atomic E-state index is -0.434. The number of rotatable bonds is 7. The van der Waals surface area contributed by atoms with Crippen LogP contribution in [0.3, 0.4) is 0 Å². The summed E-state index contributed by atoms with van der Waals surface area (Å²) in [5.74, 6) is -0.238. The molecule has 2 aromatic rings. The van der Waals surface area contributed by atoms with Crippen molar-refractivity contribution in [2.24, 2.45) is 0 Å². The number of hydrogen-bond acceptors (Lipinski definition) is 4. The Balaban J connectivity index is 1.88. The lowest BCUT2D eigenvalue weighted by Crippen LogP contribution is -2.34. The van der Waals surface area contributed by atoms with Crippen molar-refractivity contribution in [1.82, 2.24) is 10.6 Å². The lowest BCUT2D eigenvalue weighted by Gasteiger charge is -2.11. The average Bonchev–Trinajstić information content (AvgIpc) is 2.66. The van der Waals surface area contributed by atoms with E-state index in [1.54, 1.807) is 37.3 Å². The zero-order valence-electron chi connectivity index (χ0n) is 14.9. The Hall–Kier alpha value is -3.09. The van der Waals surface area contributed by atoms with Gasteiger partial charge in [-0.25, -0.2) is 4.39 Å². The number of carbonyl (C=O) groups is 2. The summed E-state index contributed by atoms with van der Waals surface area (Å²) < 4.78 is 23.8. The Labute approximate surface area is 151 Å². The van der Waals surface area contributed by atoms with Crippen LogP contribution in [0, 0.1) is 12.7 Å². The van der Waals surface area contributed by atoms with Crippen LogP contribution in [0.25, 0.3) is 0 Å². The number of aryl methyl sites for hydroxylation is 1. The van der Waals surface area contributed by atoms with E-state index >= 15 is 0 Å². The summed E-state index contributed by atoms with van der Waals surface area (Å²) >= 11 is 0. The number of ether oxygens (including phenoxy) is 2. The number of benzene rings is 2. The van der Waals surface area contributed by atoms with E-state index in [2.05, 4.69) is 10.6 Å². The lowest BCUT2D eigenvalue weighted by molar-refractivity contribution is 0.0925. The molecular weight excluding hydrogens is 339 g/mol. The Morgan fingerprint density at radius 3 is 2.27 bits per heavy atom. The van der Waals surface area contributed by atoms with Gasteiger partial charge in [-0.3, -0.25) is 9.59 Å². The molecule has 6 nitrogen and oxygen atoms in total. The van der Waals surface area contributed by atoms with Crippen LogP contribution >= 0.6 is 0 Å². The molecule has 2 rings (SSSR count). The number of methoxy groups -OCH3 is 2. The lowest BCUT2D eigenvalue weighted by atomic mass is 10.1. The fourth-order valence-corrected chi connectivity index (χ4v) is 2.27. The van der Waals surface area contributed by atoms with Gasteiger partial charge in [-0.05, 0) is 42.8 Å². The smallest absolute Gasteiger partial charge is 0.255 e. The van der Waals surface area contributed by atoms with Gasteiger partial charge in [0.05, 0.1) is 19.8 Å². The van der Waals surface area contributed by atoms with Crippen LogP contribution in [0.15, 0.2) is 36.4 Å². The summed E-state index contributed by atoms with van der Waals surface area (Å²) in [5, 5.41) is 5.32. The van der Waals surface area contributed by atoms with Gasteiger partial charge in [0, 0.05) is 18.7 Å². The minimum Gasteiger partial charge on any atom is -0.497 e. The predicted octanol–water partition coefficient (Wildman–Crippen LogP) is 2.31. The molecule has 2 amide bonds. The molecule has 0 bridgehead atoms. The molecule has 0 heterocycles. The fraction of sp³-hybridized carbons (Fsp3) is 0.263. The molecule has 0 spiro atoms. The molecule has 2 N–H and O–H groups in total. The van der Waals surface area contributed by atoms with E-state index < -0.39 is 11.7 Å². The summed E-state index contributed by atoms with van der Waals surface area (Å²) in [5.41, 5.74) is 1.04. The topological polar surface area (TPSA) is 76.7 Å². The van der Waals surface area contributed by atoms with Gasteiger partial charge in [0.2, 0.25) is 0 Å². The van der Waals surface area contributed by atoms with Crippen molar-refractivity contribution >= 4 is 11.8 Å². The van der Waals surface area contributed by atoms with Crippen molar-refractivity contribution < 1.29 is 23.5 Å². The van der Waals surface area contributed by atoms with E-state index in [1.165, 1.54) is 20.3 Å². The predicted molar refractivity (Wildman–Crippen MR) is 95.3 cm³/mol. The third kappa shape index (κ3) is 4.72. The third-order valence-corrected chi connectivity index (χ3v) is 3.78. The van der Waals surface area contributed by atoms with Gasteiger partial charge in [0.25, 0.3) is 11.8 Å². The van der Waals surface area contributed by atoms with Gasteiger partial charge >= 0.3 is 0 Å². The molecule has 0 unspecified atom stereocenters. The minimum absolute atomic E-state index is 0.201. The van der Waals surface area contributed by atoms with Crippen LogP contribution in [0.2, 0.25) is 0 Å². The normalized spacial score (nSPS) is 10.2. The molecule has 0 aliphatic carbocycles. The first-order chi connectivity index (χ1) is 12.5. The summed E-state index contributed by atoms with van der Waals surface area (Å²) in [7, 11) is 2.98. The Kier molecular flexibility index (Phi) is 6.54. The van der Waals surface area contributed by atoms with E-state index in [1.807, 2.05) is 0 Å². The van der Waals surface area contributed by atoms with Crippen LogP contribution < -0.4 is 20.1 Å². The number of halogens is 1. The third-order valence-electron chi connectivity index (χ3n) is 3.78. The molecule has 0 fully saturated rings. The Bertz CT molecular complexity index is 808. The first-order valence-corrected chi connectivity index (χ1v) is 8.01. The van der Waals surface area contributed by atoms with E-state index in [4.69, 9.17) is 9.47 Å². The van der Waals surface area contributed by atoms with Gasteiger partial charge in [0.15, 0.2) is 0 Å². The Morgan fingerprint density at radius 1 is 0.962 bits per heavy atom. The molecule has 0 radical (unpaired) electrons. The highest BCUT2D eigenvalue weighted by atomic mass is 19.1. The van der Waals surface area contributed by atoms with Crippen LogP contribution in [-0.4, -0.2) is 39.1 Å². The molecule has 0 aliphatic rings. The maximum Gasteiger partial charge on any atom is 0.255 e. The van der Waals surface area contributed by atoms with Crippen molar-refractivity contribution in [2.75, 3.05) is 27.3 Å². The van der Waals surface area contributed by atoms with Crippen molar-refractivity contribution in [3.8, 4) is 11.5 Å². The van der Waals surface area contributed by atoms with E-state index in [0.29, 0.717) is 22.6 Å². The summed E-state index contributed by atoms with van der Waals surface area (Å²) in [4.78, 5) is 24.3. The SMILES string of the molecule is COc1ccc(OC)c(C(=O)NCCNC(=O)c2ccc(C)c(F)c2)c1. The van der Waals surface area contributed by atoms with Crippen molar-refractivity contribution in [3.05, 3.63) is 58.9 Å². The number of nitrogens with one attached hydrogen (secondary N) is 2. The van der Waals surface area contributed by atoms with Gasteiger partial charge in [0.1, 0.15) is 17.3 Å². The summed E-state index contributed by atoms with van der Waals surface area (Å²) in [6, 6.07) is 9.18. The van der Waals surface area contributed by atoms with Gasteiger partial charge in [-0.15, -0.1) is 0 Å². The molecule has 0 atom stereocenters. The first kappa shape index (κ1) is 19.2. The maximum atomic E-state index is 13.5. The Morgan fingerprint density at radius 2 is 1.65 bits per heavy atom. The second kappa shape index (κ2) is 8.84. The van der Waals surface area contributed by atoms with Crippen molar-refractivity contribution in [2.45, 2.75) is 6.92 Å². The second-order valence-corrected chi connectivity index (χ2v) is 5.54. The largest absolute Gasteiger partial charge is 0.497 e. The van der Waals surface area contributed by atoms with E-state index in [0.717, 1.165) is 0 Å². The van der Waals surface area contributed by atoms with Crippen LogP contribution in [0.5, 0.6) is 11.5 Å².